The molecule has 27 heavy (non-hydrogen) atoms. The number of hydrogen-bond donors (Lipinski definition) is 1. The number of para-hydroxylation sites is 1. The van der Waals surface area contributed by atoms with Gasteiger partial charge in [0.2, 0.25) is 0 Å². The molecular formula is C24H15NOS. The van der Waals surface area contributed by atoms with Gasteiger partial charge in [-0.3, -0.25) is 0 Å². The van der Waals surface area contributed by atoms with E-state index in [-0.39, 0.29) is 0 Å². The number of thiophene rings is 1. The molecule has 0 aliphatic heterocycles. The van der Waals surface area contributed by atoms with Gasteiger partial charge in [0.05, 0.1) is 11.1 Å². The summed E-state index contributed by atoms with van der Waals surface area (Å²) in [6.45, 7) is 0. The second-order valence-corrected chi connectivity index (χ2v) is 7.76. The lowest BCUT2D eigenvalue weighted by Crippen LogP contribution is -1.91. The van der Waals surface area contributed by atoms with Crippen LogP contribution in [0.15, 0.2) is 89.3 Å². The molecule has 0 amide bonds. The maximum Gasteiger partial charge on any atom is 0.137 e. The van der Waals surface area contributed by atoms with Crippen LogP contribution >= 0.6 is 11.3 Å². The molecule has 0 saturated heterocycles. The summed E-state index contributed by atoms with van der Waals surface area (Å²) in [4.78, 5) is 0. The minimum Gasteiger partial charge on any atom is -0.456 e. The smallest absolute Gasteiger partial charge is 0.137 e. The van der Waals surface area contributed by atoms with Crippen molar-refractivity contribution in [2.45, 2.75) is 0 Å². The van der Waals surface area contributed by atoms with Crippen molar-refractivity contribution in [1.82, 2.24) is 0 Å². The van der Waals surface area contributed by atoms with Crippen LogP contribution in [0, 0.1) is 0 Å². The number of benzene rings is 4. The average Bonchev–Trinajstić information content (AvgIpc) is 3.27. The standard InChI is InChI=1S/C24H15NOS/c1-3-11-19-15(7-1)23-17(9-5-12-20(23)26-19)25-18-10-6-14-22-24(18)16-8-2-4-13-21(16)27-22/h1-14,25H. The Morgan fingerprint density at radius 1 is 0.556 bits per heavy atom. The Labute approximate surface area is 159 Å². The highest BCUT2D eigenvalue weighted by atomic mass is 32.1. The Balaban J connectivity index is 1.62. The summed E-state index contributed by atoms with van der Waals surface area (Å²) in [7, 11) is 0. The van der Waals surface area contributed by atoms with Crippen molar-refractivity contribution in [2.75, 3.05) is 5.32 Å². The van der Waals surface area contributed by atoms with Crippen molar-refractivity contribution in [3.8, 4) is 0 Å². The molecule has 0 atom stereocenters. The number of anilines is 2. The summed E-state index contributed by atoms with van der Waals surface area (Å²) in [5.41, 5.74) is 4.02. The van der Waals surface area contributed by atoms with Crippen LogP contribution < -0.4 is 5.32 Å². The molecule has 0 aliphatic rings. The molecule has 128 valence electrons. The molecule has 4 aromatic carbocycles. The predicted octanol–water partition coefficient (Wildman–Crippen LogP) is 7.70. The molecule has 1 N–H and O–H groups in total. The van der Waals surface area contributed by atoms with E-state index in [1.165, 1.54) is 20.2 Å². The van der Waals surface area contributed by atoms with Gasteiger partial charge in [0.1, 0.15) is 11.2 Å². The number of hydrogen-bond acceptors (Lipinski definition) is 3. The quantitative estimate of drug-likeness (QED) is 0.340. The third kappa shape index (κ3) is 2.19. The Bertz CT molecular complexity index is 1350. The molecule has 6 aromatic rings. The molecule has 2 heterocycles. The van der Waals surface area contributed by atoms with Crippen molar-refractivity contribution in [2.24, 2.45) is 0 Å². The lowest BCUT2D eigenvalue weighted by molar-refractivity contribution is 0.669. The van der Waals surface area contributed by atoms with Crippen molar-refractivity contribution in [3.63, 3.8) is 0 Å². The number of fused-ring (bicyclic) bond motifs is 6. The second-order valence-electron chi connectivity index (χ2n) is 6.68. The first kappa shape index (κ1) is 14.8. The van der Waals surface area contributed by atoms with E-state index in [9.17, 15) is 0 Å². The molecule has 0 saturated carbocycles. The van der Waals surface area contributed by atoms with Crippen molar-refractivity contribution in [1.29, 1.82) is 0 Å². The zero-order chi connectivity index (χ0) is 17.8. The highest BCUT2D eigenvalue weighted by molar-refractivity contribution is 7.25. The van der Waals surface area contributed by atoms with E-state index in [4.69, 9.17) is 4.42 Å². The van der Waals surface area contributed by atoms with Gasteiger partial charge in [-0.05, 0) is 36.4 Å². The summed E-state index contributed by atoms with van der Waals surface area (Å²) in [6.07, 6.45) is 0. The van der Waals surface area contributed by atoms with Gasteiger partial charge >= 0.3 is 0 Å². The number of nitrogens with one attached hydrogen (secondary N) is 1. The van der Waals surface area contributed by atoms with E-state index >= 15 is 0 Å². The molecule has 2 nitrogen and oxygen atoms in total. The Hall–Kier alpha value is -3.30. The van der Waals surface area contributed by atoms with Gasteiger partial charge in [-0.2, -0.15) is 0 Å². The fraction of sp³-hybridized carbons (Fsp3) is 0. The SMILES string of the molecule is c1ccc2c(c1)oc1cccc(Nc3cccc4sc5ccccc5c34)c12. The lowest BCUT2D eigenvalue weighted by atomic mass is 10.1. The van der Waals surface area contributed by atoms with Gasteiger partial charge in [-0.15, -0.1) is 11.3 Å². The largest absolute Gasteiger partial charge is 0.456 e. The topological polar surface area (TPSA) is 25.2 Å². The normalized spacial score (nSPS) is 11.7. The zero-order valence-electron chi connectivity index (χ0n) is 14.4. The van der Waals surface area contributed by atoms with E-state index in [1.54, 1.807) is 0 Å². The summed E-state index contributed by atoms with van der Waals surface area (Å²) < 4.78 is 8.65. The maximum absolute atomic E-state index is 6.04. The van der Waals surface area contributed by atoms with Crippen LogP contribution in [0.5, 0.6) is 0 Å². The monoisotopic (exact) mass is 365 g/mol. The molecular weight excluding hydrogens is 350 g/mol. The summed E-state index contributed by atoms with van der Waals surface area (Å²) >= 11 is 1.84. The van der Waals surface area contributed by atoms with Crippen LogP contribution in [0.25, 0.3) is 42.1 Å². The van der Waals surface area contributed by atoms with Crippen LogP contribution in [0.3, 0.4) is 0 Å². The van der Waals surface area contributed by atoms with Crippen molar-refractivity contribution < 1.29 is 4.42 Å². The predicted molar refractivity (Wildman–Crippen MR) is 116 cm³/mol. The van der Waals surface area contributed by atoms with E-state index in [0.29, 0.717) is 0 Å². The van der Waals surface area contributed by atoms with Crippen LogP contribution in [0.4, 0.5) is 11.4 Å². The molecule has 0 spiro atoms. The number of furan rings is 1. The van der Waals surface area contributed by atoms with Gasteiger partial charge in [-0.25, -0.2) is 0 Å². The van der Waals surface area contributed by atoms with Gasteiger partial charge in [0.15, 0.2) is 0 Å². The summed E-state index contributed by atoms with van der Waals surface area (Å²) in [5.74, 6) is 0. The van der Waals surface area contributed by atoms with E-state index in [1.807, 2.05) is 35.6 Å². The molecule has 0 fully saturated rings. The van der Waals surface area contributed by atoms with E-state index in [0.717, 1.165) is 33.3 Å². The average molecular weight is 365 g/mol. The van der Waals surface area contributed by atoms with Gasteiger partial charge in [0, 0.05) is 31.2 Å². The third-order valence-electron chi connectivity index (χ3n) is 5.07. The first-order valence-electron chi connectivity index (χ1n) is 8.96. The Morgan fingerprint density at radius 3 is 2.15 bits per heavy atom. The Kier molecular flexibility index (Phi) is 3.07. The van der Waals surface area contributed by atoms with Gasteiger partial charge in [0.25, 0.3) is 0 Å². The molecule has 0 aliphatic carbocycles. The van der Waals surface area contributed by atoms with Gasteiger partial charge in [-0.1, -0.05) is 48.5 Å². The van der Waals surface area contributed by atoms with Crippen molar-refractivity contribution >= 4 is 64.8 Å². The number of rotatable bonds is 2. The molecule has 3 heteroatoms. The van der Waals surface area contributed by atoms with Crippen LogP contribution in [-0.2, 0) is 0 Å². The zero-order valence-corrected chi connectivity index (χ0v) is 15.2. The molecule has 6 rings (SSSR count). The van der Waals surface area contributed by atoms with E-state index < -0.39 is 0 Å². The van der Waals surface area contributed by atoms with Crippen LogP contribution in [-0.4, -0.2) is 0 Å². The first-order valence-corrected chi connectivity index (χ1v) is 9.78. The fourth-order valence-corrected chi connectivity index (χ4v) is 5.03. The minimum absolute atomic E-state index is 0.906. The summed E-state index contributed by atoms with van der Waals surface area (Å²) in [5, 5.41) is 8.54. The van der Waals surface area contributed by atoms with Crippen molar-refractivity contribution in [3.05, 3.63) is 84.9 Å². The van der Waals surface area contributed by atoms with Crippen LogP contribution in [0.1, 0.15) is 0 Å². The van der Waals surface area contributed by atoms with Gasteiger partial charge < -0.3 is 9.73 Å². The Morgan fingerprint density at radius 2 is 1.22 bits per heavy atom. The highest BCUT2D eigenvalue weighted by Gasteiger charge is 2.13. The van der Waals surface area contributed by atoms with E-state index in [2.05, 4.69) is 66.0 Å². The maximum atomic E-state index is 6.04. The highest BCUT2D eigenvalue weighted by Crippen LogP contribution is 2.41. The molecule has 2 aromatic heterocycles. The van der Waals surface area contributed by atoms with Crippen LogP contribution in [0.2, 0.25) is 0 Å². The molecule has 0 radical (unpaired) electrons. The lowest BCUT2D eigenvalue weighted by Gasteiger charge is -2.10. The third-order valence-corrected chi connectivity index (χ3v) is 6.21. The summed E-state index contributed by atoms with van der Waals surface area (Å²) in [6, 6.07) is 29.5. The second kappa shape index (κ2) is 5.60. The molecule has 0 unspecified atom stereocenters. The minimum atomic E-state index is 0.906. The fourth-order valence-electron chi connectivity index (χ4n) is 3.90. The molecule has 0 bridgehead atoms. The first-order chi connectivity index (χ1) is 13.4.